The van der Waals surface area contributed by atoms with Crippen molar-refractivity contribution in [3.8, 4) is 0 Å². The van der Waals surface area contributed by atoms with Crippen molar-refractivity contribution < 1.29 is 20.0 Å². The monoisotopic (exact) mass is 564 g/mol. The van der Waals surface area contributed by atoms with Gasteiger partial charge in [0, 0.05) is 52.5 Å². The van der Waals surface area contributed by atoms with Crippen LogP contribution in [0.5, 0.6) is 0 Å². The first-order valence-electron chi connectivity index (χ1n) is 13.9. The number of aromatic amines is 2. The van der Waals surface area contributed by atoms with Gasteiger partial charge in [-0.05, 0) is 85.8 Å². The van der Waals surface area contributed by atoms with Crippen LogP contribution in [0.3, 0.4) is 0 Å². The quantitative estimate of drug-likeness (QED) is 0.201. The number of carboxylic acids is 1. The fourth-order valence-corrected chi connectivity index (χ4v) is 6.07. The maximum atomic E-state index is 11.6. The lowest BCUT2D eigenvalue weighted by atomic mass is 9.93. The molecule has 0 aromatic carbocycles. The molecule has 8 nitrogen and oxygen atoms in total. The Kier molecular flexibility index (Phi) is 7.75. The maximum absolute atomic E-state index is 11.6. The molecule has 0 radical (unpaired) electrons. The highest BCUT2D eigenvalue weighted by Crippen LogP contribution is 2.34. The smallest absolute Gasteiger partial charge is 0.303 e. The Bertz CT molecular complexity index is 1830. The van der Waals surface area contributed by atoms with Crippen LogP contribution in [-0.2, 0) is 22.5 Å². The molecule has 0 saturated carbocycles. The molecule has 3 aliphatic heterocycles. The molecule has 8 bridgehead atoms. The van der Waals surface area contributed by atoms with Crippen molar-refractivity contribution in [3.05, 3.63) is 110 Å². The number of allylic oxidation sites excluding steroid dienone is 5. The molecule has 0 fully saturated rings. The summed E-state index contributed by atoms with van der Waals surface area (Å²) < 4.78 is 0. The first kappa shape index (κ1) is 28.8. The van der Waals surface area contributed by atoms with Crippen LogP contribution >= 0.6 is 0 Å². The third kappa shape index (κ3) is 5.10. The summed E-state index contributed by atoms with van der Waals surface area (Å²) >= 11 is 0. The highest BCUT2D eigenvalue weighted by Gasteiger charge is 2.29. The van der Waals surface area contributed by atoms with E-state index in [1.54, 1.807) is 0 Å². The van der Waals surface area contributed by atoms with Crippen LogP contribution in [-0.4, -0.2) is 43.8 Å². The molecule has 0 aliphatic carbocycles. The van der Waals surface area contributed by atoms with E-state index in [0.29, 0.717) is 19.3 Å². The van der Waals surface area contributed by atoms with E-state index in [2.05, 4.69) is 47.6 Å². The van der Waals surface area contributed by atoms with E-state index in [1.165, 1.54) is 0 Å². The molecule has 0 spiro atoms. The summed E-state index contributed by atoms with van der Waals surface area (Å²) in [5, 5.41) is 20.6. The number of nitrogens with zero attached hydrogens (tertiary/aromatic N) is 2. The molecular formula is C34H36N4O4. The van der Waals surface area contributed by atoms with E-state index in [9.17, 15) is 15.2 Å². The Morgan fingerprint density at radius 3 is 2.48 bits per heavy atom. The van der Waals surface area contributed by atoms with E-state index in [0.717, 1.165) is 83.8 Å². The predicted octanol–water partition coefficient (Wildman–Crippen LogP) is 5.16. The zero-order chi connectivity index (χ0) is 30.3. The second kappa shape index (κ2) is 11.3. The molecule has 4 N–H and O–H groups in total. The molecule has 216 valence electrons. The van der Waals surface area contributed by atoms with Crippen LogP contribution in [0.2, 0.25) is 0 Å². The Morgan fingerprint density at radius 2 is 1.81 bits per heavy atom. The van der Waals surface area contributed by atoms with Gasteiger partial charge in [-0.15, -0.1) is 0 Å². The molecule has 2 aromatic heterocycles. The van der Waals surface area contributed by atoms with Gasteiger partial charge in [-0.25, -0.2) is 10.2 Å². The standard InChI is InChI=1S/C34H36N4O4/c1-8-22-18(4)26-13-27-21(7)25(12-17(3)42-41)33(38-27)16-32-24(10-11-34(39)40)20(6)29(37-32)15-31-23(9-2)19(5)28(36-31)14-30(22)35-26/h8-9,13-15,32,35,38,41H,1-3,10-12,16H2,4-7H3,(H,39,40)/b26-13-,30-14-,31-15-. The van der Waals surface area contributed by atoms with E-state index >= 15 is 0 Å². The lowest BCUT2D eigenvalue weighted by molar-refractivity contribution is -0.204. The third-order valence-electron chi connectivity index (χ3n) is 8.50. The molecule has 5 rings (SSSR count). The molecule has 5 heterocycles. The Hall–Kier alpha value is -4.69. The summed E-state index contributed by atoms with van der Waals surface area (Å²) in [7, 11) is 0. The second-order valence-corrected chi connectivity index (χ2v) is 11.0. The van der Waals surface area contributed by atoms with Gasteiger partial charge in [-0.3, -0.25) is 9.79 Å². The molecule has 1 atom stereocenters. The maximum Gasteiger partial charge on any atom is 0.303 e. The van der Waals surface area contributed by atoms with Crippen LogP contribution in [0.25, 0.3) is 18.2 Å². The van der Waals surface area contributed by atoms with E-state index in [1.807, 2.05) is 45.1 Å². The van der Waals surface area contributed by atoms with Crippen molar-refractivity contribution in [1.82, 2.24) is 9.97 Å². The number of hydrogen-bond acceptors (Lipinski definition) is 5. The Labute approximate surface area is 244 Å². The second-order valence-electron chi connectivity index (χ2n) is 11.0. The van der Waals surface area contributed by atoms with Crippen LogP contribution in [0.15, 0.2) is 75.6 Å². The average molecular weight is 565 g/mol. The van der Waals surface area contributed by atoms with Gasteiger partial charge >= 0.3 is 5.97 Å². The zero-order valence-electron chi connectivity index (χ0n) is 24.5. The SMILES string of the molecule is C=CC1=C(C)C2=NC/1=C\C1=NC(Cc3[nH]c(c(C)c3CC(=C)OO)/C=c3\[nH]/c(c(C=C)c3C)=C\2)C(CCC(=O)O)=C1C. The summed E-state index contributed by atoms with van der Waals surface area (Å²) in [5.41, 5.74) is 12.1. The molecule has 1 unspecified atom stereocenters. The van der Waals surface area contributed by atoms with Crippen LogP contribution in [0, 0.1) is 13.8 Å². The number of H-pyrrole nitrogens is 2. The number of aliphatic imine (C=N–C) groups is 2. The summed E-state index contributed by atoms with van der Waals surface area (Å²) in [6.07, 6.45) is 11.0. The number of fused-ring (bicyclic) bond motifs is 6. The lowest BCUT2D eigenvalue weighted by Gasteiger charge is -2.14. The van der Waals surface area contributed by atoms with Gasteiger partial charge in [0.1, 0.15) is 5.76 Å². The van der Waals surface area contributed by atoms with Gasteiger partial charge in [-0.1, -0.05) is 31.9 Å². The Morgan fingerprint density at radius 1 is 1.05 bits per heavy atom. The minimum Gasteiger partial charge on any atom is -0.481 e. The molecule has 0 saturated heterocycles. The number of carbonyl (C=O) groups is 1. The number of hydrogen-bond donors (Lipinski definition) is 4. The third-order valence-corrected chi connectivity index (χ3v) is 8.50. The molecule has 3 aliphatic rings. The summed E-state index contributed by atoms with van der Waals surface area (Å²) in [4.78, 5) is 33.3. The van der Waals surface area contributed by atoms with Crippen molar-refractivity contribution in [3.63, 3.8) is 0 Å². The van der Waals surface area contributed by atoms with Gasteiger partial charge < -0.3 is 20.0 Å². The highest BCUT2D eigenvalue weighted by molar-refractivity contribution is 6.24. The number of aromatic nitrogens is 2. The van der Waals surface area contributed by atoms with E-state index < -0.39 is 5.97 Å². The van der Waals surface area contributed by atoms with E-state index in [4.69, 9.17) is 9.98 Å². The van der Waals surface area contributed by atoms with Gasteiger partial charge in [0.05, 0.1) is 23.2 Å². The number of carboxylic acid groups (broad SMARTS) is 1. The van der Waals surface area contributed by atoms with Crippen LogP contribution in [0.1, 0.15) is 60.3 Å². The first-order valence-corrected chi connectivity index (χ1v) is 13.9. The predicted molar refractivity (Wildman–Crippen MR) is 168 cm³/mol. The normalized spacial score (nSPS) is 20.6. The van der Waals surface area contributed by atoms with Crippen molar-refractivity contribution in [1.29, 1.82) is 0 Å². The van der Waals surface area contributed by atoms with Crippen LogP contribution < -0.4 is 10.7 Å². The topological polar surface area (TPSA) is 123 Å². The van der Waals surface area contributed by atoms with Crippen molar-refractivity contribution >= 4 is 35.6 Å². The number of rotatable bonds is 8. The van der Waals surface area contributed by atoms with Gasteiger partial charge in [0.2, 0.25) is 0 Å². The molecule has 0 amide bonds. The average Bonchev–Trinajstić information content (AvgIpc) is 3.61. The molecular weight excluding hydrogens is 528 g/mol. The fourth-order valence-electron chi connectivity index (χ4n) is 6.07. The van der Waals surface area contributed by atoms with Crippen LogP contribution in [0.4, 0.5) is 0 Å². The highest BCUT2D eigenvalue weighted by atomic mass is 17.1. The minimum atomic E-state index is -0.851. The summed E-state index contributed by atoms with van der Waals surface area (Å²) in [6.45, 7) is 20.1. The van der Waals surface area contributed by atoms with Gasteiger partial charge in [0.25, 0.3) is 0 Å². The fraction of sp³-hybridized carbons (Fsp3) is 0.265. The number of nitrogens with one attached hydrogen (secondary N) is 2. The molecule has 42 heavy (non-hydrogen) atoms. The molecule has 2 aromatic rings. The van der Waals surface area contributed by atoms with Gasteiger partial charge in [0.15, 0.2) is 0 Å². The summed E-state index contributed by atoms with van der Waals surface area (Å²) in [6, 6.07) is -0.267. The largest absolute Gasteiger partial charge is 0.481 e. The Balaban J connectivity index is 1.81. The number of aliphatic carboxylic acids is 1. The minimum absolute atomic E-state index is 0.0152. The zero-order valence-corrected chi connectivity index (χ0v) is 24.5. The lowest BCUT2D eigenvalue weighted by Crippen LogP contribution is -2.14. The summed E-state index contributed by atoms with van der Waals surface area (Å²) in [5.74, 6) is -0.624. The van der Waals surface area contributed by atoms with Crippen molar-refractivity contribution in [2.45, 2.75) is 59.4 Å². The van der Waals surface area contributed by atoms with Crippen molar-refractivity contribution in [2.75, 3.05) is 0 Å². The van der Waals surface area contributed by atoms with Gasteiger partial charge in [-0.2, -0.15) is 0 Å². The van der Waals surface area contributed by atoms with E-state index in [-0.39, 0.29) is 18.2 Å². The van der Waals surface area contributed by atoms with Crippen molar-refractivity contribution in [2.24, 2.45) is 9.98 Å². The molecule has 8 heteroatoms. The first-order chi connectivity index (χ1) is 20.1.